The maximum absolute atomic E-state index is 11.7. The summed E-state index contributed by atoms with van der Waals surface area (Å²) in [6.45, 7) is 6.76. The molecule has 2 N–H and O–H groups in total. The molecule has 0 saturated heterocycles. The van der Waals surface area contributed by atoms with E-state index in [0.29, 0.717) is 18.4 Å². The number of rotatable bonds is 5. The zero-order valence-corrected chi connectivity index (χ0v) is 10.7. The molecular formula is C12H17N3O3. The summed E-state index contributed by atoms with van der Waals surface area (Å²) in [6.07, 6.45) is 2.24. The molecule has 1 rings (SSSR count). The maximum Gasteiger partial charge on any atom is 0.356 e. The molecule has 0 radical (unpaired) electrons. The van der Waals surface area contributed by atoms with E-state index in [9.17, 15) is 9.59 Å². The molecule has 0 aromatic carbocycles. The number of aromatic nitrogens is 2. The average Bonchev–Trinajstić information content (AvgIpc) is 2.35. The first-order valence-corrected chi connectivity index (χ1v) is 5.75. The summed E-state index contributed by atoms with van der Waals surface area (Å²) in [5, 5.41) is 11.4. The van der Waals surface area contributed by atoms with Gasteiger partial charge < -0.3 is 10.4 Å². The first-order chi connectivity index (χ1) is 8.41. The molecule has 0 bridgehead atoms. The van der Waals surface area contributed by atoms with Crippen LogP contribution in [-0.2, 0) is 0 Å². The minimum atomic E-state index is -1.16. The van der Waals surface area contributed by atoms with Gasteiger partial charge in [-0.15, -0.1) is 0 Å². The highest BCUT2D eigenvalue weighted by Crippen LogP contribution is 2.07. The van der Waals surface area contributed by atoms with Gasteiger partial charge in [0.05, 0.1) is 12.4 Å². The first-order valence-electron chi connectivity index (χ1n) is 5.75. The van der Waals surface area contributed by atoms with E-state index in [-0.39, 0.29) is 17.3 Å². The molecule has 0 saturated carbocycles. The standard InChI is InChI=1S/C12H17N3O3/c1-7(2)8(3)4-15-11(16)9-5-14-10(6-13-9)12(17)18/h5-8H,4H2,1-3H3,(H,15,16)(H,17,18). The third-order valence-electron chi connectivity index (χ3n) is 2.83. The third kappa shape index (κ3) is 3.80. The van der Waals surface area contributed by atoms with Crippen LogP contribution in [0.3, 0.4) is 0 Å². The number of carbonyl (C=O) groups excluding carboxylic acids is 1. The van der Waals surface area contributed by atoms with Gasteiger partial charge >= 0.3 is 5.97 Å². The topological polar surface area (TPSA) is 92.2 Å². The quantitative estimate of drug-likeness (QED) is 0.820. The largest absolute Gasteiger partial charge is 0.476 e. The molecule has 1 heterocycles. The van der Waals surface area contributed by atoms with E-state index in [1.54, 1.807) is 0 Å². The van der Waals surface area contributed by atoms with E-state index in [4.69, 9.17) is 5.11 Å². The summed E-state index contributed by atoms with van der Waals surface area (Å²) >= 11 is 0. The molecule has 0 aliphatic carbocycles. The van der Waals surface area contributed by atoms with Crippen molar-refractivity contribution in [3.05, 3.63) is 23.8 Å². The van der Waals surface area contributed by atoms with Crippen LogP contribution in [-0.4, -0.2) is 33.5 Å². The third-order valence-corrected chi connectivity index (χ3v) is 2.83. The van der Waals surface area contributed by atoms with Crippen molar-refractivity contribution in [1.29, 1.82) is 0 Å². The molecule has 6 nitrogen and oxygen atoms in total. The molecule has 0 aliphatic rings. The normalized spacial score (nSPS) is 12.2. The SMILES string of the molecule is CC(C)C(C)CNC(=O)c1cnc(C(=O)O)cn1. The predicted octanol–water partition coefficient (Wildman–Crippen LogP) is 1.20. The van der Waals surface area contributed by atoms with Crippen molar-refractivity contribution in [3.8, 4) is 0 Å². The zero-order valence-electron chi connectivity index (χ0n) is 10.7. The van der Waals surface area contributed by atoms with Crippen molar-refractivity contribution >= 4 is 11.9 Å². The molecule has 1 amide bonds. The van der Waals surface area contributed by atoms with Crippen molar-refractivity contribution in [2.45, 2.75) is 20.8 Å². The Kier molecular flexibility index (Phi) is 4.76. The number of nitrogens with one attached hydrogen (secondary N) is 1. The summed E-state index contributed by atoms with van der Waals surface area (Å²) in [5.74, 6) is -0.666. The lowest BCUT2D eigenvalue weighted by Crippen LogP contribution is -2.30. The van der Waals surface area contributed by atoms with Gasteiger partial charge in [-0.1, -0.05) is 20.8 Å². The van der Waals surface area contributed by atoms with Crippen molar-refractivity contribution in [3.63, 3.8) is 0 Å². The lowest BCUT2D eigenvalue weighted by molar-refractivity contribution is 0.0689. The van der Waals surface area contributed by atoms with Crippen LogP contribution in [0.15, 0.2) is 12.4 Å². The van der Waals surface area contributed by atoms with Gasteiger partial charge in [0.2, 0.25) is 0 Å². The average molecular weight is 251 g/mol. The van der Waals surface area contributed by atoms with Gasteiger partial charge in [0.25, 0.3) is 5.91 Å². The Balaban J connectivity index is 2.59. The van der Waals surface area contributed by atoms with E-state index in [0.717, 1.165) is 6.20 Å². The summed E-state index contributed by atoms with van der Waals surface area (Å²) < 4.78 is 0. The lowest BCUT2D eigenvalue weighted by atomic mass is 9.98. The monoisotopic (exact) mass is 251 g/mol. The number of aromatic carboxylic acids is 1. The van der Waals surface area contributed by atoms with Crippen molar-refractivity contribution in [2.75, 3.05) is 6.54 Å². The molecule has 0 fully saturated rings. The summed E-state index contributed by atoms with van der Waals surface area (Å²) in [4.78, 5) is 29.7. The Bertz CT molecular complexity index is 429. The molecule has 0 spiro atoms. The van der Waals surface area contributed by atoms with E-state index < -0.39 is 5.97 Å². The maximum atomic E-state index is 11.7. The molecule has 1 atom stereocenters. The van der Waals surface area contributed by atoms with Gasteiger partial charge in [0, 0.05) is 6.54 Å². The minimum Gasteiger partial charge on any atom is -0.476 e. The molecule has 1 aromatic heterocycles. The second-order valence-electron chi connectivity index (χ2n) is 4.52. The predicted molar refractivity (Wildman–Crippen MR) is 65.3 cm³/mol. The second kappa shape index (κ2) is 6.09. The number of carboxylic acids is 1. The fourth-order valence-electron chi connectivity index (χ4n) is 1.14. The van der Waals surface area contributed by atoms with Crippen LogP contribution in [0.1, 0.15) is 41.7 Å². The molecule has 18 heavy (non-hydrogen) atoms. The zero-order chi connectivity index (χ0) is 13.7. The lowest BCUT2D eigenvalue weighted by Gasteiger charge is -2.15. The van der Waals surface area contributed by atoms with Crippen molar-refractivity contribution < 1.29 is 14.7 Å². The summed E-state index contributed by atoms with van der Waals surface area (Å²) in [5.41, 5.74) is -0.0574. The Morgan fingerprint density at radius 1 is 1.22 bits per heavy atom. The van der Waals surface area contributed by atoms with Crippen LogP contribution in [0.2, 0.25) is 0 Å². The van der Waals surface area contributed by atoms with Crippen LogP contribution < -0.4 is 5.32 Å². The Morgan fingerprint density at radius 2 is 1.78 bits per heavy atom. The van der Waals surface area contributed by atoms with Crippen molar-refractivity contribution in [2.24, 2.45) is 11.8 Å². The Morgan fingerprint density at radius 3 is 2.22 bits per heavy atom. The van der Waals surface area contributed by atoms with E-state index in [1.807, 2.05) is 6.92 Å². The number of carboxylic acid groups (broad SMARTS) is 1. The molecule has 0 aliphatic heterocycles. The smallest absolute Gasteiger partial charge is 0.356 e. The number of amides is 1. The van der Waals surface area contributed by atoms with Gasteiger partial charge in [-0.3, -0.25) is 4.79 Å². The molecule has 98 valence electrons. The van der Waals surface area contributed by atoms with E-state index in [2.05, 4.69) is 29.1 Å². The van der Waals surface area contributed by atoms with Crippen molar-refractivity contribution in [1.82, 2.24) is 15.3 Å². The summed E-state index contributed by atoms with van der Waals surface area (Å²) in [7, 11) is 0. The Hall–Kier alpha value is -1.98. The Labute approximate surface area is 105 Å². The molecule has 1 aromatic rings. The summed E-state index contributed by atoms with van der Waals surface area (Å²) in [6, 6.07) is 0. The number of hydrogen-bond donors (Lipinski definition) is 2. The fourth-order valence-corrected chi connectivity index (χ4v) is 1.14. The van der Waals surface area contributed by atoms with Crippen LogP contribution in [0.5, 0.6) is 0 Å². The van der Waals surface area contributed by atoms with Gasteiger partial charge in [0.1, 0.15) is 5.69 Å². The molecule has 6 heteroatoms. The van der Waals surface area contributed by atoms with Crippen LogP contribution in [0.4, 0.5) is 0 Å². The van der Waals surface area contributed by atoms with Crippen LogP contribution >= 0.6 is 0 Å². The molecular weight excluding hydrogens is 234 g/mol. The number of nitrogens with zero attached hydrogens (tertiary/aromatic N) is 2. The highest BCUT2D eigenvalue weighted by Gasteiger charge is 2.13. The van der Waals surface area contributed by atoms with Gasteiger partial charge in [0.15, 0.2) is 5.69 Å². The van der Waals surface area contributed by atoms with Gasteiger partial charge in [-0.2, -0.15) is 0 Å². The number of carbonyl (C=O) groups is 2. The van der Waals surface area contributed by atoms with E-state index >= 15 is 0 Å². The molecule has 1 unspecified atom stereocenters. The van der Waals surface area contributed by atoms with E-state index in [1.165, 1.54) is 6.20 Å². The highest BCUT2D eigenvalue weighted by atomic mass is 16.4. The second-order valence-corrected chi connectivity index (χ2v) is 4.52. The van der Waals surface area contributed by atoms with Crippen LogP contribution in [0.25, 0.3) is 0 Å². The highest BCUT2D eigenvalue weighted by molar-refractivity contribution is 5.92. The fraction of sp³-hybridized carbons (Fsp3) is 0.500. The minimum absolute atomic E-state index is 0.121. The first kappa shape index (κ1) is 14.1. The van der Waals surface area contributed by atoms with Crippen LogP contribution in [0, 0.1) is 11.8 Å². The van der Waals surface area contributed by atoms with Gasteiger partial charge in [-0.05, 0) is 11.8 Å². The number of hydrogen-bond acceptors (Lipinski definition) is 4. The van der Waals surface area contributed by atoms with Gasteiger partial charge in [-0.25, -0.2) is 14.8 Å².